The van der Waals surface area contributed by atoms with Gasteiger partial charge >= 0.3 is 5.97 Å². The number of fused-ring (bicyclic) bond motifs is 2. The van der Waals surface area contributed by atoms with E-state index in [9.17, 15) is 9.90 Å². The van der Waals surface area contributed by atoms with Crippen LogP contribution in [0.15, 0.2) is 48.5 Å². The Balaban J connectivity index is 1.52. The van der Waals surface area contributed by atoms with Crippen molar-refractivity contribution in [1.82, 2.24) is 19.7 Å². The van der Waals surface area contributed by atoms with Gasteiger partial charge < -0.3 is 19.6 Å². The number of carboxylic acids is 1. The summed E-state index contributed by atoms with van der Waals surface area (Å²) in [5.74, 6) is -0.0336. The predicted molar refractivity (Wildman–Crippen MR) is 180 cm³/mol. The Bertz CT molecular complexity index is 1870. The first kappa shape index (κ1) is 30.5. The van der Waals surface area contributed by atoms with Crippen LogP contribution in [0.3, 0.4) is 0 Å². The number of rotatable bonds is 7. The number of carbonyl (C=O) groups is 1. The predicted octanol–water partition coefficient (Wildman–Crippen LogP) is 7.56. The standard InChI is InChI=1S/C34H38ClN5O3S/c1-19-16-25-30(28(20-8-11-22(35)12-9-20)27(19)29(33(41)42)43-34(2,3)4)44-32(36-25)21-10-13-26-24(17-21)31(37-39(26)7)40-15-14-23(18-40)38(5)6/h8-13,16-17,23,29H,14-15,18H2,1-7H3,(H,41,42)/t23-,29+/m1/s1. The van der Waals surface area contributed by atoms with E-state index in [1.54, 1.807) is 11.3 Å². The van der Waals surface area contributed by atoms with Gasteiger partial charge in [0.25, 0.3) is 0 Å². The van der Waals surface area contributed by atoms with E-state index in [2.05, 4.69) is 42.1 Å². The molecule has 0 unspecified atom stereocenters. The number of aliphatic carboxylic acids is 1. The first-order valence-corrected chi connectivity index (χ1v) is 16.0. The summed E-state index contributed by atoms with van der Waals surface area (Å²) in [6.45, 7) is 9.45. The lowest BCUT2D eigenvalue weighted by molar-refractivity contribution is -0.160. The molecule has 0 spiro atoms. The van der Waals surface area contributed by atoms with E-state index in [0.717, 1.165) is 73.7 Å². The minimum absolute atomic E-state index is 0.500. The van der Waals surface area contributed by atoms with Crippen LogP contribution < -0.4 is 4.90 Å². The van der Waals surface area contributed by atoms with Crippen molar-refractivity contribution in [3.63, 3.8) is 0 Å². The fourth-order valence-electron chi connectivity index (χ4n) is 6.13. The van der Waals surface area contributed by atoms with Crippen LogP contribution in [-0.2, 0) is 16.6 Å². The molecule has 1 N–H and O–H groups in total. The van der Waals surface area contributed by atoms with Crippen molar-refractivity contribution < 1.29 is 14.6 Å². The number of hydrogen-bond donors (Lipinski definition) is 1. The molecule has 0 saturated carbocycles. The molecule has 6 rings (SSSR count). The van der Waals surface area contributed by atoms with Crippen LogP contribution in [0.5, 0.6) is 0 Å². The molecule has 1 aliphatic rings. The Kier molecular flexibility index (Phi) is 7.94. The number of carboxylic acid groups (broad SMARTS) is 1. The molecule has 230 valence electrons. The second-order valence-electron chi connectivity index (χ2n) is 12.8. The minimum atomic E-state index is -1.16. The molecule has 1 aliphatic heterocycles. The Morgan fingerprint density at radius 2 is 1.84 bits per heavy atom. The van der Waals surface area contributed by atoms with Gasteiger partial charge in [0.1, 0.15) is 5.01 Å². The molecule has 0 aliphatic carbocycles. The van der Waals surface area contributed by atoms with Crippen LogP contribution in [0, 0.1) is 6.92 Å². The van der Waals surface area contributed by atoms with Gasteiger partial charge in [0.2, 0.25) is 0 Å². The normalized spacial score (nSPS) is 16.5. The fraction of sp³-hybridized carbons (Fsp3) is 0.382. The van der Waals surface area contributed by atoms with Crippen LogP contribution in [-0.4, -0.2) is 69.6 Å². The lowest BCUT2D eigenvalue weighted by atomic mass is 9.91. The smallest absolute Gasteiger partial charge is 0.337 e. The highest BCUT2D eigenvalue weighted by Gasteiger charge is 2.33. The number of halogens is 1. The molecule has 0 radical (unpaired) electrons. The van der Waals surface area contributed by atoms with Crippen LogP contribution >= 0.6 is 22.9 Å². The third-order valence-corrected chi connectivity index (χ3v) is 9.68. The van der Waals surface area contributed by atoms with Gasteiger partial charge in [-0.2, -0.15) is 5.10 Å². The molecular formula is C34H38ClN5O3S. The SMILES string of the molecule is Cc1cc2nc(-c3ccc4c(c3)c(N3CC[C@@H](N(C)C)C3)nn4C)sc2c(-c2ccc(Cl)cc2)c1[C@H](OC(C)(C)C)C(=O)O. The number of anilines is 1. The summed E-state index contributed by atoms with van der Waals surface area (Å²) in [4.78, 5) is 22.4. The van der Waals surface area contributed by atoms with E-state index < -0.39 is 17.7 Å². The summed E-state index contributed by atoms with van der Waals surface area (Å²) in [7, 11) is 6.26. The van der Waals surface area contributed by atoms with Crippen molar-refractivity contribution in [2.24, 2.45) is 7.05 Å². The summed E-state index contributed by atoms with van der Waals surface area (Å²) >= 11 is 7.83. The Morgan fingerprint density at radius 3 is 2.48 bits per heavy atom. The Morgan fingerprint density at radius 1 is 1.14 bits per heavy atom. The molecule has 3 heterocycles. The molecule has 0 bridgehead atoms. The molecule has 1 saturated heterocycles. The van der Waals surface area contributed by atoms with Crippen molar-refractivity contribution in [2.75, 3.05) is 32.1 Å². The molecule has 0 amide bonds. The third-order valence-electron chi connectivity index (χ3n) is 8.29. The quantitative estimate of drug-likeness (QED) is 0.198. The van der Waals surface area contributed by atoms with Gasteiger partial charge in [0, 0.05) is 53.3 Å². The minimum Gasteiger partial charge on any atom is -0.479 e. The maximum absolute atomic E-state index is 12.7. The summed E-state index contributed by atoms with van der Waals surface area (Å²) < 4.78 is 9.03. The zero-order valence-electron chi connectivity index (χ0n) is 26.2. The van der Waals surface area contributed by atoms with E-state index in [-0.39, 0.29) is 0 Å². The average Bonchev–Trinajstić information content (AvgIpc) is 3.68. The Hall–Kier alpha value is -3.50. The maximum Gasteiger partial charge on any atom is 0.337 e. The van der Waals surface area contributed by atoms with Gasteiger partial charge in [-0.3, -0.25) is 4.68 Å². The van der Waals surface area contributed by atoms with Gasteiger partial charge in [-0.05, 0) is 95.7 Å². The number of aryl methyl sites for hydroxylation is 2. The van der Waals surface area contributed by atoms with E-state index in [1.165, 1.54) is 0 Å². The third kappa shape index (κ3) is 5.70. The van der Waals surface area contributed by atoms with E-state index in [0.29, 0.717) is 16.6 Å². The summed E-state index contributed by atoms with van der Waals surface area (Å²) in [6.07, 6.45) is -0.0509. The van der Waals surface area contributed by atoms with Crippen molar-refractivity contribution in [2.45, 2.75) is 51.9 Å². The van der Waals surface area contributed by atoms with Crippen molar-refractivity contribution in [1.29, 1.82) is 0 Å². The molecule has 2 atom stereocenters. The van der Waals surface area contributed by atoms with Gasteiger partial charge in [-0.1, -0.05) is 23.7 Å². The van der Waals surface area contributed by atoms with Crippen molar-refractivity contribution in [3.8, 4) is 21.7 Å². The average molecular weight is 632 g/mol. The fourth-order valence-corrected chi connectivity index (χ4v) is 7.38. The molecule has 8 nitrogen and oxygen atoms in total. The Labute approximate surface area is 266 Å². The highest BCUT2D eigenvalue weighted by molar-refractivity contribution is 7.22. The lowest BCUT2D eigenvalue weighted by Crippen LogP contribution is -2.31. The zero-order valence-corrected chi connectivity index (χ0v) is 27.8. The first-order chi connectivity index (χ1) is 20.8. The van der Waals surface area contributed by atoms with Gasteiger partial charge in [-0.25, -0.2) is 9.78 Å². The molecule has 1 fully saturated rings. The molecule has 3 aromatic carbocycles. The molecular weight excluding hydrogens is 594 g/mol. The largest absolute Gasteiger partial charge is 0.479 e. The van der Waals surface area contributed by atoms with Crippen LogP contribution in [0.1, 0.15) is 44.4 Å². The van der Waals surface area contributed by atoms with E-state index >= 15 is 0 Å². The highest BCUT2D eigenvalue weighted by Crippen LogP contribution is 2.45. The number of likely N-dealkylation sites (N-methyl/N-ethyl adjacent to an activating group) is 1. The second-order valence-corrected chi connectivity index (χ2v) is 14.3. The number of thiazole rings is 1. The molecule has 2 aromatic heterocycles. The number of aromatic nitrogens is 3. The second kappa shape index (κ2) is 11.5. The van der Waals surface area contributed by atoms with Crippen LogP contribution in [0.25, 0.3) is 42.8 Å². The van der Waals surface area contributed by atoms with E-state index in [1.807, 2.05) is 69.8 Å². The first-order valence-electron chi connectivity index (χ1n) is 14.8. The zero-order chi connectivity index (χ0) is 31.5. The number of benzene rings is 3. The van der Waals surface area contributed by atoms with E-state index in [4.69, 9.17) is 26.4 Å². The number of hydrogen-bond acceptors (Lipinski definition) is 7. The van der Waals surface area contributed by atoms with Crippen molar-refractivity contribution >= 4 is 55.8 Å². The number of ether oxygens (including phenoxy) is 1. The maximum atomic E-state index is 12.7. The lowest BCUT2D eigenvalue weighted by Gasteiger charge is -2.28. The summed E-state index contributed by atoms with van der Waals surface area (Å²) in [5, 5.41) is 17.9. The summed E-state index contributed by atoms with van der Waals surface area (Å²) in [5.41, 5.74) is 5.34. The number of nitrogens with zero attached hydrogens (tertiary/aromatic N) is 5. The van der Waals surface area contributed by atoms with Gasteiger partial charge in [0.15, 0.2) is 11.9 Å². The topological polar surface area (TPSA) is 83.7 Å². The van der Waals surface area contributed by atoms with Crippen molar-refractivity contribution in [3.05, 3.63) is 64.7 Å². The van der Waals surface area contributed by atoms with Crippen LogP contribution in [0.2, 0.25) is 5.02 Å². The highest BCUT2D eigenvalue weighted by atomic mass is 35.5. The molecule has 44 heavy (non-hydrogen) atoms. The van der Waals surface area contributed by atoms with Gasteiger partial charge in [0.05, 0.1) is 21.3 Å². The molecule has 5 aromatic rings. The molecule has 10 heteroatoms. The summed E-state index contributed by atoms with van der Waals surface area (Å²) in [6, 6.07) is 16.4. The van der Waals surface area contributed by atoms with Gasteiger partial charge in [-0.15, -0.1) is 11.3 Å². The van der Waals surface area contributed by atoms with Crippen LogP contribution in [0.4, 0.5) is 5.82 Å². The monoisotopic (exact) mass is 631 g/mol.